The van der Waals surface area contributed by atoms with Crippen molar-refractivity contribution < 1.29 is 19.4 Å². The van der Waals surface area contributed by atoms with E-state index in [1.54, 1.807) is 0 Å². The molecule has 0 aromatic heterocycles. The highest BCUT2D eigenvalue weighted by Gasteiger charge is 2.12. The van der Waals surface area contributed by atoms with Gasteiger partial charge in [0.15, 0.2) is 0 Å². The van der Waals surface area contributed by atoms with Gasteiger partial charge in [-0.25, -0.2) is 0 Å². The lowest BCUT2D eigenvalue weighted by Gasteiger charge is -2.16. The fourth-order valence-corrected chi connectivity index (χ4v) is 3.28. The number of rotatable bonds is 16. The van der Waals surface area contributed by atoms with E-state index < -0.39 is 11.9 Å². The highest BCUT2D eigenvalue weighted by Crippen LogP contribution is 2.21. The number of ether oxygens (including phenoxy) is 1. The first-order valence-corrected chi connectivity index (χ1v) is 10.6. The average Bonchev–Trinajstić information content (AvgIpc) is 2.52. The quantitative estimate of drug-likeness (QED) is 0.327. The van der Waals surface area contributed by atoms with Gasteiger partial charge in [-0.2, -0.15) is 0 Å². The van der Waals surface area contributed by atoms with Crippen LogP contribution in [0.2, 0.25) is 0 Å². The van der Waals surface area contributed by atoms with Crippen LogP contribution in [-0.2, 0) is 14.3 Å². The Morgan fingerprint density at radius 2 is 1.19 bits per heavy atom. The summed E-state index contributed by atoms with van der Waals surface area (Å²) in [6, 6.07) is 0. The van der Waals surface area contributed by atoms with Crippen molar-refractivity contribution in [2.24, 2.45) is 17.8 Å². The molecule has 1 N–H and O–H groups in total. The van der Waals surface area contributed by atoms with Gasteiger partial charge < -0.3 is 9.84 Å². The Balaban J connectivity index is 3.65. The molecular formula is C22H42O4. The molecule has 0 radical (unpaired) electrons. The minimum absolute atomic E-state index is 0.0363. The first-order chi connectivity index (χ1) is 12.2. The van der Waals surface area contributed by atoms with Crippen LogP contribution < -0.4 is 0 Å². The monoisotopic (exact) mass is 370 g/mol. The van der Waals surface area contributed by atoms with Crippen molar-refractivity contribution >= 4 is 11.9 Å². The number of esters is 1. The Morgan fingerprint density at radius 3 is 1.65 bits per heavy atom. The number of hydrogen-bond donors (Lipinski definition) is 1. The molecule has 0 spiro atoms. The first kappa shape index (κ1) is 24.9. The fraction of sp³-hybridized carbons (Fsp3) is 0.909. The summed E-state index contributed by atoms with van der Waals surface area (Å²) >= 11 is 0. The van der Waals surface area contributed by atoms with Gasteiger partial charge in [0.2, 0.25) is 0 Å². The number of carbonyl (C=O) groups excluding carboxylic acids is 1. The fourth-order valence-electron chi connectivity index (χ4n) is 3.28. The highest BCUT2D eigenvalue weighted by molar-refractivity contribution is 5.76. The van der Waals surface area contributed by atoms with Gasteiger partial charge in [0.25, 0.3) is 0 Å². The number of carbonyl (C=O) groups is 2. The summed E-state index contributed by atoms with van der Waals surface area (Å²) in [5.74, 6) is 1.01. The van der Waals surface area contributed by atoms with Gasteiger partial charge in [-0.3, -0.25) is 9.59 Å². The predicted octanol–water partition coefficient (Wildman–Crippen LogP) is 6.22. The Hall–Kier alpha value is -1.06. The maximum atomic E-state index is 11.5. The molecule has 0 rings (SSSR count). The number of carboxylic acids is 1. The lowest BCUT2D eigenvalue weighted by Crippen LogP contribution is -2.16. The van der Waals surface area contributed by atoms with Crippen molar-refractivity contribution in [3.8, 4) is 0 Å². The molecule has 0 unspecified atom stereocenters. The van der Waals surface area contributed by atoms with Crippen molar-refractivity contribution in [3.05, 3.63) is 0 Å². The van der Waals surface area contributed by atoms with Gasteiger partial charge in [0, 0.05) is 0 Å². The number of hydrogen-bond acceptors (Lipinski definition) is 3. The van der Waals surface area contributed by atoms with Crippen LogP contribution in [0.1, 0.15) is 105 Å². The Kier molecular flexibility index (Phi) is 14.4. The van der Waals surface area contributed by atoms with Gasteiger partial charge in [-0.1, -0.05) is 72.6 Å². The zero-order valence-electron chi connectivity index (χ0n) is 17.8. The molecule has 0 saturated heterocycles. The molecule has 0 aromatic rings. The molecule has 154 valence electrons. The van der Waals surface area contributed by atoms with Crippen LogP contribution in [0, 0.1) is 17.8 Å². The molecule has 0 aliphatic carbocycles. The van der Waals surface area contributed by atoms with Crippen LogP contribution in [-0.4, -0.2) is 23.1 Å². The van der Waals surface area contributed by atoms with Crippen LogP contribution in [0.4, 0.5) is 0 Å². The lowest BCUT2D eigenvalue weighted by molar-refractivity contribution is -0.151. The Morgan fingerprint density at radius 1 is 0.731 bits per heavy atom. The minimum atomic E-state index is -0.960. The second-order valence-corrected chi connectivity index (χ2v) is 8.59. The standard InChI is InChI=1S/C22H42O4/c1-17(2)9-6-10-18(3)11-7-12-19(4)13-8-14-20(5)26-22(25)16-15-21(23)24/h17-20H,6-16H2,1-5H3,(H,23,24)/t18-,19-,20-/m1/s1. The van der Waals surface area contributed by atoms with Crippen molar-refractivity contribution in [1.82, 2.24) is 0 Å². The van der Waals surface area contributed by atoms with E-state index in [0.29, 0.717) is 5.92 Å². The van der Waals surface area contributed by atoms with Crippen molar-refractivity contribution in [1.29, 1.82) is 0 Å². The van der Waals surface area contributed by atoms with E-state index in [2.05, 4.69) is 27.7 Å². The van der Waals surface area contributed by atoms with Crippen molar-refractivity contribution in [3.63, 3.8) is 0 Å². The highest BCUT2D eigenvalue weighted by atomic mass is 16.5. The van der Waals surface area contributed by atoms with E-state index in [-0.39, 0.29) is 18.9 Å². The summed E-state index contributed by atoms with van der Waals surface area (Å²) in [4.78, 5) is 21.9. The molecule has 0 aliphatic heterocycles. The molecule has 0 aliphatic rings. The van der Waals surface area contributed by atoms with Crippen LogP contribution in [0.3, 0.4) is 0 Å². The smallest absolute Gasteiger partial charge is 0.306 e. The molecule has 26 heavy (non-hydrogen) atoms. The largest absolute Gasteiger partial charge is 0.481 e. The van der Waals surface area contributed by atoms with E-state index in [1.807, 2.05) is 6.92 Å². The Labute approximate surface area is 161 Å². The molecular weight excluding hydrogens is 328 g/mol. The molecule has 4 heteroatoms. The van der Waals surface area contributed by atoms with Gasteiger partial charge >= 0.3 is 11.9 Å². The topological polar surface area (TPSA) is 63.6 Å². The summed E-state index contributed by atoms with van der Waals surface area (Å²) < 4.78 is 5.25. The third-order valence-corrected chi connectivity index (χ3v) is 5.06. The summed E-state index contributed by atoms with van der Waals surface area (Å²) in [7, 11) is 0. The molecule has 0 amide bonds. The van der Waals surface area contributed by atoms with Gasteiger partial charge in [0.05, 0.1) is 18.9 Å². The Bertz CT molecular complexity index is 378. The SMILES string of the molecule is CC(C)CCC[C@@H](C)CCC[C@@H](C)CCC[C@@H](C)OC(=O)CCC(=O)O. The normalized spacial score (nSPS) is 14.8. The average molecular weight is 371 g/mol. The zero-order valence-corrected chi connectivity index (χ0v) is 17.8. The predicted molar refractivity (Wildman–Crippen MR) is 107 cm³/mol. The molecule has 4 nitrogen and oxygen atoms in total. The zero-order chi connectivity index (χ0) is 19.9. The third kappa shape index (κ3) is 16.4. The van der Waals surface area contributed by atoms with E-state index in [4.69, 9.17) is 9.84 Å². The third-order valence-electron chi connectivity index (χ3n) is 5.06. The minimum Gasteiger partial charge on any atom is -0.481 e. The van der Waals surface area contributed by atoms with E-state index >= 15 is 0 Å². The first-order valence-electron chi connectivity index (χ1n) is 10.6. The summed E-state index contributed by atoms with van der Waals surface area (Å²) in [6.07, 6.45) is 10.7. The maximum Gasteiger partial charge on any atom is 0.306 e. The van der Waals surface area contributed by atoms with Crippen molar-refractivity contribution in [2.75, 3.05) is 0 Å². The van der Waals surface area contributed by atoms with Gasteiger partial charge in [-0.05, 0) is 37.5 Å². The van der Waals surface area contributed by atoms with E-state index in [0.717, 1.165) is 24.7 Å². The number of aliphatic carboxylic acids is 1. The van der Waals surface area contributed by atoms with Crippen LogP contribution in [0.25, 0.3) is 0 Å². The van der Waals surface area contributed by atoms with Crippen LogP contribution in [0.5, 0.6) is 0 Å². The molecule has 3 atom stereocenters. The number of carboxylic acid groups (broad SMARTS) is 1. The van der Waals surface area contributed by atoms with E-state index in [9.17, 15) is 9.59 Å². The summed E-state index contributed by atoms with van der Waals surface area (Å²) in [5.41, 5.74) is 0. The second kappa shape index (κ2) is 15.0. The van der Waals surface area contributed by atoms with Crippen molar-refractivity contribution in [2.45, 2.75) is 111 Å². The lowest BCUT2D eigenvalue weighted by atomic mass is 9.92. The molecule has 0 fully saturated rings. The van der Waals surface area contributed by atoms with Crippen LogP contribution in [0.15, 0.2) is 0 Å². The summed E-state index contributed by atoms with van der Waals surface area (Å²) in [5, 5.41) is 8.56. The molecule has 0 bridgehead atoms. The summed E-state index contributed by atoms with van der Waals surface area (Å²) in [6.45, 7) is 11.2. The molecule has 0 heterocycles. The van der Waals surface area contributed by atoms with Gasteiger partial charge in [-0.15, -0.1) is 0 Å². The maximum absolute atomic E-state index is 11.5. The second-order valence-electron chi connectivity index (χ2n) is 8.59. The van der Waals surface area contributed by atoms with E-state index in [1.165, 1.54) is 44.9 Å². The van der Waals surface area contributed by atoms with Crippen LogP contribution >= 0.6 is 0 Å². The van der Waals surface area contributed by atoms with Gasteiger partial charge in [0.1, 0.15) is 0 Å². The molecule has 0 aromatic carbocycles. The molecule has 0 saturated carbocycles.